The van der Waals surface area contributed by atoms with Crippen LogP contribution in [0, 0.1) is 0 Å². The highest BCUT2D eigenvalue weighted by Gasteiger charge is 2.21. The van der Waals surface area contributed by atoms with Crippen LogP contribution in [0.5, 0.6) is 0 Å². The van der Waals surface area contributed by atoms with Gasteiger partial charge in [0.25, 0.3) is 6.43 Å². The van der Waals surface area contributed by atoms with E-state index < -0.39 is 12.2 Å². The van der Waals surface area contributed by atoms with E-state index in [1.165, 1.54) is 0 Å². The fraction of sp³-hybridized carbons (Fsp3) is 0.571. The van der Waals surface area contributed by atoms with Crippen LogP contribution in [0.4, 0.5) is 8.78 Å². The van der Waals surface area contributed by atoms with E-state index in [9.17, 15) is 13.6 Å². The van der Waals surface area contributed by atoms with Crippen molar-refractivity contribution in [2.75, 3.05) is 0 Å². The van der Waals surface area contributed by atoms with Crippen LogP contribution in [0.3, 0.4) is 0 Å². The van der Waals surface area contributed by atoms with Crippen molar-refractivity contribution in [2.24, 2.45) is 0 Å². The molecule has 0 atom stereocenters. The molecule has 1 nitrogen and oxygen atoms in total. The highest BCUT2D eigenvalue weighted by molar-refractivity contribution is 5.97. The number of hydrogen-bond donors (Lipinski definition) is 0. The minimum absolute atomic E-state index is 0.315. The molecule has 0 saturated heterocycles. The number of halogens is 2. The van der Waals surface area contributed by atoms with E-state index in [1.54, 1.807) is 6.08 Å². The van der Waals surface area contributed by atoms with E-state index in [4.69, 9.17) is 0 Å². The molecule has 0 aromatic heterocycles. The van der Waals surface area contributed by atoms with Gasteiger partial charge in [0.2, 0.25) is 5.78 Å². The van der Waals surface area contributed by atoms with E-state index >= 15 is 0 Å². The maximum absolute atomic E-state index is 11.7. The van der Waals surface area contributed by atoms with Gasteiger partial charge in [0.05, 0.1) is 0 Å². The van der Waals surface area contributed by atoms with Gasteiger partial charge in [-0.2, -0.15) is 0 Å². The number of rotatable bonds is 2. The predicted molar refractivity (Wildman–Crippen MR) is 32.9 cm³/mol. The molecule has 0 spiro atoms. The Bertz CT molecular complexity index is 172. The van der Waals surface area contributed by atoms with Crippen molar-refractivity contribution in [2.45, 2.75) is 25.7 Å². The maximum atomic E-state index is 11.7. The smallest absolute Gasteiger partial charge is 0.288 e. The normalized spacial score (nSPS) is 17.7. The summed E-state index contributed by atoms with van der Waals surface area (Å²) in [6, 6.07) is 0. The standard InChI is InChI=1S/C7H8F2O/c8-7(9)6(10)5-3-1-2-4-5/h3,7H,1-2,4H2. The van der Waals surface area contributed by atoms with Crippen molar-refractivity contribution >= 4 is 5.78 Å². The van der Waals surface area contributed by atoms with Gasteiger partial charge in [0.15, 0.2) is 0 Å². The van der Waals surface area contributed by atoms with Crippen molar-refractivity contribution in [1.82, 2.24) is 0 Å². The van der Waals surface area contributed by atoms with E-state index in [1.807, 2.05) is 0 Å². The van der Waals surface area contributed by atoms with Gasteiger partial charge in [0.1, 0.15) is 0 Å². The van der Waals surface area contributed by atoms with Gasteiger partial charge in [-0.25, -0.2) is 8.78 Å². The second-order valence-electron chi connectivity index (χ2n) is 2.29. The Balaban J connectivity index is 2.56. The molecule has 1 rings (SSSR count). The lowest BCUT2D eigenvalue weighted by atomic mass is 10.1. The number of Topliss-reactive ketones (excluding diaryl/α,β-unsaturated/α-hetero) is 1. The minimum atomic E-state index is -2.82. The summed E-state index contributed by atoms with van der Waals surface area (Å²) in [5, 5.41) is 0. The van der Waals surface area contributed by atoms with E-state index in [2.05, 4.69) is 0 Å². The molecule has 0 unspecified atom stereocenters. The number of alkyl halides is 2. The molecule has 1 aliphatic carbocycles. The molecule has 0 amide bonds. The van der Waals surface area contributed by atoms with Gasteiger partial charge in [-0.05, 0) is 24.8 Å². The Morgan fingerprint density at radius 3 is 2.70 bits per heavy atom. The minimum Gasteiger partial charge on any atom is -0.288 e. The number of carbonyl (C=O) groups is 1. The van der Waals surface area contributed by atoms with Crippen LogP contribution in [0.15, 0.2) is 11.6 Å². The van der Waals surface area contributed by atoms with Gasteiger partial charge in [-0.15, -0.1) is 0 Å². The average Bonchev–Trinajstić information content (AvgIpc) is 2.36. The summed E-state index contributed by atoms with van der Waals surface area (Å²) in [6.45, 7) is 0. The molecule has 0 saturated carbocycles. The van der Waals surface area contributed by atoms with Crippen LogP contribution in [0.1, 0.15) is 19.3 Å². The van der Waals surface area contributed by atoms with Crippen LogP contribution in [-0.4, -0.2) is 12.2 Å². The van der Waals surface area contributed by atoms with E-state index in [0.717, 1.165) is 12.8 Å². The highest BCUT2D eigenvalue weighted by atomic mass is 19.3. The van der Waals surface area contributed by atoms with Crippen LogP contribution >= 0.6 is 0 Å². The third-order valence-electron chi connectivity index (χ3n) is 1.56. The van der Waals surface area contributed by atoms with Crippen LogP contribution < -0.4 is 0 Å². The molecule has 56 valence electrons. The Morgan fingerprint density at radius 2 is 2.30 bits per heavy atom. The molecule has 0 radical (unpaired) electrons. The molecule has 0 N–H and O–H groups in total. The molecule has 0 aliphatic heterocycles. The van der Waals surface area contributed by atoms with Crippen molar-refractivity contribution in [3.05, 3.63) is 11.6 Å². The second kappa shape index (κ2) is 2.90. The second-order valence-corrected chi connectivity index (χ2v) is 2.29. The van der Waals surface area contributed by atoms with E-state index in [0.29, 0.717) is 12.0 Å². The van der Waals surface area contributed by atoms with Gasteiger partial charge in [0, 0.05) is 0 Å². The lowest BCUT2D eigenvalue weighted by Crippen LogP contribution is -2.11. The number of hydrogen-bond acceptors (Lipinski definition) is 1. The number of allylic oxidation sites excluding steroid dienone is 2. The summed E-state index contributed by atoms with van der Waals surface area (Å²) in [5.41, 5.74) is 0.315. The summed E-state index contributed by atoms with van der Waals surface area (Å²) in [4.78, 5) is 10.5. The Hall–Kier alpha value is -0.730. The summed E-state index contributed by atoms with van der Waals surface area (Å²) < 4.78 is 23.4. The first kappa shape index (κ1) is 7.38. The summed E-state index contributed by atoms with van der Waals surface area (Å²) >= 11 is 0. The fourth-order valence-electron chi connectivity index (χ4n) is 1.03. The van der Waals surface area contributed by atoms with Gasteiger partial charge < -0.3 is 0 Å². The topological polar surface area (TPSA) is 17.1 Å². The van der Waals surface area contributed by atoms with Gasteiger partial charge >= 0.3 is 0 Å². The molecule has 0 bridgehead atoms. The largest absolute Gasteiger partial charge is 0.300 e. The first-order valence-electron chi connectivity index (χ1n) is 3.23. The third kappa shape index (κ3) is 1.40. The Morgan fingerprint density at radius 1 is 1.60 bits per heavy atom. The molecule has 0 aromatic carbocycles. The molecule has 0 heterocycles. The van der Waals surface area contributed by atoms with Crippen molar-refractivity contribution in [3.8, 4) is 0 Å². The first-order chi connectivity index (χ1) is 4.72. The first-order valence-corrected chi connectivity index (χ1v) is 3.23. The summed E-state index contributed by atoms with van der Waals surface area (Å²) in [5.74, 6) is -0.988. The zero-order chi connectivity index (χ0) is 7.56. The average molecular weight is 146 g/mol. The zero-order valence-corrected chi connectivity index (χ0v) is 5.44. The Kier molecular flexibility index (Phi) is 2.14. The lowest BCUT2D eigenvalue weighted by Gasteiger charge is -1.96. The third-order valence-corrected chi connectivity index (χ3v) is 1.56. The van der Waals surface area contributed by atoms with Gasteiger partial charge in [-0.1, -0.05) is 6.08 Å². The van der Waals surface area contributed by atoms with Crippen LogP contribution in [-0.2, 0) is 4.79 Å². The quantitative estimate of drug-likeness (QED) is 0.581. The van der Waals surface area contributed by atoms with Crippen LogP contribution in [0.25, 0.3) is 0 Å². The maximum Gasteiger partial charge on any atom is 0.300 e. The number of ketones is 1. The zero-order valence-electron chi connectivity index (χ0n) is 5.44. The lowest BCUT2D eigenvalue weighted by molar-refractivity contribution is -0.125. The van der Waals surface area contributed by atoms with E-state index in [-0.39, 0.29) is 0 Å². The molecular formula is C7H8F2O. The van der Waals surface area contributed by atoms with Crippen molar-refractivity contribution < 1.29 is 13.6 Å². The number of carbonyl (C=O) groups excluding carboxylic acids is 1. The highest BCUT2D eigenvalue weighted by Crippen LogP contribution is 2.20. The summed E-state index contributed by atoms with van der Waals surface area (Å²) in [7, 11) is 0. The molecule has 1 aliphatic rings. The fourth-order valence-corrected chi connectivity index (χ4v) is 1.03. The molecule has 10 heavy (non-hydrogen) atoms. The Labute approximate surface area is 57.7 Å². The molecule has 3 heteroatoms. The monoisotopic (exact) mass is 146 g/mol. The van der Waals surface area contributed by atoms with Crippen molar-refractivity contribution in [3.63, 3.8) is 0 Å². The SMILES string of the molecule is O=C(C1=CCCC1)C(F)F. The predicted octanol–water partition coefficient (Wildman–Crippen LogP) is 1.93. The summed E-state index contributed by atoms with van der Waals surface area (Å²) in [6.07, 6.45) is 0.934. The van der Waals surface area contributed by atoms with Gasteiger partial charge in [-0.3, -0.25) is 4.79 Å². The molecular weight excluding hydrogens is 138 g/mol. The molecule has 0 aromatic rings. The molecule has 0 fully saturated rings. The van der Waals surface area contributed by atoms with Crippen LogP contribution in [0.2, 0.25) is 0 Å². The van der Waals surface area contributed by atoms with Crippen molar-refractivity contribution in [1.29, 1.82) is 0 Å².